The maximum Gasteiger partial charge on any atom is 0.230 e. The second kappa shape index (κ2) is 10.3. The number of hydrogen-bond donors (Lipinski definition) is 2. The summed E-state index contributed by atoms with van der Waals surface area (Å²) in [7, 11) is 0. The molecule has 27 heavy (non-hydrogen) atoms. The Kier molecular flexibility index (Phi) is 7.81. The molecule has 7 nitrogen and oxygen atoms in total. The van der Waals surface area contributed by atoms with Crippen molar-refractivity contribution < 1.29 is 9.90 Å². The minimum atomic E-state index is -0.247. The van der Waals surface area contributed by atoms with Gasteiger partial charge in [-0.3, -0.25) is 4.79 Å². The number of nitrogens with zero attached hydrogens (tertiary/aromatic N) is 4. The zero-order valence-electron chi connectivity index (χ0n) is 15.3. The molecule has 8 heteroatoms. The lowest BCUT2D eigenvalue weighted by molar-refractivity contribution is -0.115. The number of carbonyl (C=O) groups excluding carboxylic acids is 1. The van der Waals surface area contributed by atoms with Crippen LogP contribution < -0.4 is 5.32 Å². The smallest absolute Gasteiger partial charge is 0.230 e. The first-order valence-corrected chi connectivity index (χ1v) is 9.40. The van der Waals surface area contributed by atoms with E-state index in [0.29, 0.717) is 10.7 Å². The molecule has 2 N–H and O–H groups in total. The van der Waals surface area contributed by atoms with E-state index in [1.165, 1.54) is 23.5 Å². The number of aliphatic hydroxyl groups excluding tert-OH is 1. The predicted molar refractivity (Wildman–Crippen MR) is 107 cm³/mol. The van der Waals surface area contributed by atoms with Gasteiger partial charge < -0.3 is 10.4 Å². The Hall–Kier alpha value is -2.87. The van der Waals surface area contributed by atoms with Gasteiger partial charge in [0, 0.05) is 6.42 Å². The van der Waals surface area contributed by atoms with Gasteiger partial charge in [-0.15, -0.1) is 10.2 Å². The van der Waals surface area contributed by atoms with Gasteiger partial charge in [0.2, 0.25) is 11.0 Å². The monoisotopic (exact) mass is 385 g/mol. The molecule has 0 saturated carbocycles. The van der Waals surface area contributed by atoms with E-state index in [1.807, 2.05) is 19.1 Å². The van der Waals surface area contributed by atoms with E-state index in [-0.39, 0.29) is 18.1 Å². The molecule has 1 amide bonds. The second-order valence-electron chi connectivity index (χ2n) is 6.01. The summed E-state index contributed by atoms with van der Waals surface area (Å²) in [6.45, 7) is 8.90. The number of hydrogen-bond acceptors (Lipinski definition) is 7. The number of rotatable bonds is 10. The van der Waals surface area contributed by atoms with E-state index in [2.05, 4.69) is 38.9 Å². The topological polar surface area (TPSA) is 101 Å². The van der Waals surface area contributed by atoms with Crippen molar-refractivity contribution in [3.63, 3.8) is 0 Å². The highest BCUT2D eigenvalue weighted by atomic mass is 32.1. The summed E-state index contributed by atoms with van der Waals surface area (Å²) < 4.78 is 0. The molecule has 2 heterocycles. The van der Waals surface area contributed by atoms with Crippen LogP contribution in [-0.4, -0.2) is 31.4 Å². The highest BCUT2D eigenvalue weighted by Crippen LogP contribution is 2.18. The third kappa shape index (κ3) is 7.49. The zero-order chi connectivity index (χ0) is 19.6. The van der Waals surface area contributed by atoms with E-state index in [1.54, 1.807) is 0 Å². The first-order valence-electron chi connectivity index (χ1n) is 8.58. The van der Waals surface area contributed by atoms with E-state index < -0.39 is 0 Å². The number of aromatic nitrogens is 4. The van der Waals surface area contributed by atoms with Gasteiger partial charge in [-0.1, -0.05) is 30.6 Å². The predicted octanol–water partition coefficient (Wildman–Crippen LogP) is 3.71. The van der Waals surface area contributed by atoms with Crippen LogP contribution in [0.15, 0.2) is 48.8 Å². The summed E-state index contributed by atoms with van der Waals surface area (Å²) in [6, 6.07) is 3.96. The zero-order valence-corrected chi connectivity index (χ0v) is 16.1. The molecular formula is C19H23N5O2S. The average molecular weight is 385 g/mol. The summed E-state index contributed by atoms with van der Waals surface area (Å²) in [6.07, 6.45) is 6.60. The maximum atomic E-state index is 12.0. The Morgan fingerprint density at radius 3 is 2.67 bits per heavy atom. The quantitative estimate of drug-likeness (QED) is 0.367. The van der Waals surface area contributed by atoms with E-state index in [9.17, 15) is 4.79 Å². The van der Waals surface area contributed by atoms with Crippen LogP contribution >= 0.6 is 11.3 Å². The van der Waals surface area contributed by atoms with Crippen molar-refractivity contribution in [2.75, 3.05) is 5.32 Å². The summed E-state index contributed by atoms with van der Waals surface area (Å²) in [5.74, 6) is -0.365. The maximum absolute atomic E-state index is 12.0. The van der Waals surface area contributed by atoms with Gasteiger partial charge in [0.25, 0.3) is 0 Å². The van der Waals surface area contributed by atoms with Crippen molar-refractivity contribution in [1.29, 1.82) is 0 Å². The van der Waals surface area contributed by atoms with Crippen molar-refractivity contribution in [3.05, 3.63) is 65.2 Å². The van der Waals surface area contributed by atoms with Gasteiger partial charge >= 0.3 is 0 Å². The molecule has 0 aliphatic heterocycles. The van der Waals surface area contributed by atoms with Crippen LogP contribution in [0.4, 0.5) is 5.13 Å². The fourth-order valence-corrected chi connectivity index (χ4v) is 3.09. The van der Waals surface area contributed by atoms with Crippen molar-refractivity contribution in [2.45, 2.75) is 39.0 Å². The molecule has 2 aromatic rings. The molecule has 0 aliphatic rings. The molecular weight excluding hydrogens is 362 g/mol. The van der Waals surface area contributed by atoms with Gasteiger partial charge in [-0.2, -0.15) is 10.2 Å². The molecule has 0 spiro atoms. The lowest BCUT2D eigenvalue weighted by Gasteiger charge is -2.02. The van der Waals surface area contributed by atoms with Crippen molar-refractivity contribution >= 4 is 22.4 Å². The SMILES string of the molecule is C=C/C(=C\C(=C)O)CC(=O)Nc1nnc(CCCCc2ccc(C)nn2)s1. The molecule has 0 aliphatic carbocycles. The fraction of sp³-hybridized carbons (Fsp3) is 0.316. The molecule has 0 atom stereocenters. The molecule has 0 saturated heterocycles. The number of anilines is 1. The van der Waals surface area contributed by atoms with Crippen LogP contribution in [0.25, 0.3) is 0 Å². The molecule has 142 valence electrons. The number of allylic oxidation sites excluding steroid dienone is 2. The largest absolute Gasteiger partial charge is 0.509 e. The number of aryl methyl sites for hydroxylation is 3. The van der Waals surface area contributed by atoms with Gasteiger partial charge in [-0.25, -0.2) is 0 Å². The van der Waals surface area contributed by atoms with Crippen molar-refractivity contribution in [3.8, 4) is 0 Å². The number of unbranched alkanes of at least 4 members (excludes halogenated alkanes) is 1. The Morgan fingerprint density at radius 2 is 2.00 bits per heavy atom. The van der Waals surface area contributed by atoms with Gasteiger partial charge in [-0.05, 0) is 50.0 Å². The first kappa shape index (κ1) is 20.4. The van der Waals surface area contributed by atoms with Crippen LogP contribution in [0.1, 0.15) is 35.7 Å². The highest BCUT2D eigenvalue weighted by molar-refractivity contribution is 7.15. The standard InChI is InChI=1S/C19H23N5O2S/c1-4-15(11-14(3)25)12-17(26)20-19-24-23-18(27-19)8-6-5-7-16-10-9-13(2)21-22-16/h4,9-11,25H,1,3,5-8,12H2,2H3,(H,20,24,26)/b15-11+. The summed E-state index contributed by atoms with van der Waals surface area (Å²) in [5, 5.41) is 29.5. The summed E-state index contributed by atoms with van der Waals surface area (Å²) >= 11 is 1.36. The highest BCUT2D eigenvalue weighted by Gasteiger charge is 2.09. The second-order valence-corrected chi connectivity index (χ2v) is 7.08. The van der Waals surface area contributed by atoms with Crippen LogP contribution in [-0.2, 0) is 17.6 Å². The third-order valence-electron chi connectivity index (χ3n) is 3.62. The lowest BCUT2D eigenvalue weighted by atomic mass is 10.1. The third-order valence-corrected chi connectivity index (χ3v) is 4.52. The minimum absolute atomic E-state index is 0.0789. The van der Waals surface area contributed by atoms with Crippen LogP contribution in [0.5, 0.6) is 0 Å². The molecule has 0 unspecified atom stereocenters. The molecule has 0 radical (unpaired) electrons. The summed E-state index contributed by atoms with van der Waals surface area (Å²) in [4.78, 5) is 12.0. The Labute approximate surface area is 162 Å². The van der Waals surface area contributed by atoms with Gasteiger partial charge in [0.05, 0.1) is 17.8 Å². The van der Waals surface area contributed by atoms with Crippen molar-refractivity contribution in [1.82, 2.24) is 20.4 Å². The van der Waals surface area contributed by atoms with Crippen LogP contribution in [0.2, 0.25) is 0 Å². The van der Waals surface area contributed by atoms with E-state index in [4.69, 9.17) is 5.11 Å². The molecule has 2 aromatic heterocycles. The van der Waals surface area contributed by atoms with Crippen LogP contribution in [0.3, 0.4) is 0 Å². The number of amides is 1. The number of carbonyl (C=O) groups is 1. The van der Waals surface area contributed by atoms with Gasteiger partial charge in [0.1, 0.15) is 10.8 Å². The molecule has 0 fully saturated rings. The lowest BCUT2D eigenvalue weighted by Crippen LogP contribution is -2.11. The molecule has 0 aromatic carbocycles. The fourth-order valence-electron chi connectivity index (χ4n) is 2.29. The van der Waals surface area contributed by atoms with Gasteiger partial charge in [0.15, 0.2) is 0 Å². The first-order chi connectivity index (χ1) is 13.0. The normalized spacial score (nSPS) is 11.2. The summed E-state index contributed by atoms with van der Waals surface area (Å²) in [5.41, 5.74) is 2.48. The Bertz CT molecular complexity index is 827. The minimum Gasteiger partial charge on any atom is -0.509 e. The van der Waals surface area contributed by atoms with Crippen molar-refractivity contribution in [2.24, 2.45) is 0 Å². The number of nitrogens with one attached hydrogen (secondary N) is 1. The Balaban J connectivity index is 1.75. The van der Waals surface area contributed by atoms with E-state index in [0.717, 1.165) is 42.1 Å². The number of aliphatic hydroxyl groups is 1. The Morgan fingerprint density at radius 1 is 1.22 bits per heavy atom. The molecule has 2 rings (SSSR count). The van der Waals surface area contributed by atoms with E-state index >= 15 is 0 Å². The molecule has 0 bridgehead atoms. The van der Waals surface area contributed by atoms with Crippen LogP contribution in [0, 0.1) is 6.92 Å². The average Bonchev–Trinajstić information content (AvgIpc) is 3.06.